The van der Waals surface area contributed by atoms with Crippen molar-refractivity contribution in [3.8, 4) is 0 Å². The van der Waals surface area contributed by atoms with Crippen LogP contribution >= 0.6 is 11.6 Å². The van der Waals surface area contributed by atoms with Gasteiger partial charge in [-0.2, -0.15) is 0 Å². The van der Waals surface area contributed by atoms with Crippen molar-refractivity contribution >= 4 is 17.5 Å². The molecule has 1 N–H and O–H groups in total. The van der Waals surface area contributed by atoms with Crippen molar-refractivity contribution in [1.82, 2.24) is 15.3 Å². The summed E-state index contributed by atoms with van der Waals surface area (Å²) in [5.74, 6) is -0.244. The van der Waals surface area contributed by atoms with Crippen LogP contribution in [0.5, 0.6) is 0 Å². The standard InChI is InChI=1S/C10H12ClN3O2/c1-6-7(2-3-16-6)14-10(15)8-4-13-9(11)5-12-8/h4-7H,2-3H2,1H3,(H,14,15). The lowest BCUT2D eigenvalue weighted by Gasteiger charge is -2.15. The van der Waals surface area contributed by atoms with E-state index in [9.17, 15) is 4.79 Å². The van der Waals surface area contributed by atoms with Gasteiger partial charge < -0.3 is 10.1 Å². The molecule has 2 rings (SSSR count). The van der Waals surface area contributed by atoms with Crippen molar-refractivity contribution in [3.63, 3.8) is 0 Å². The second-order valence-corrected chi connectivity index (χ2v) is 4.06. The molecule has 1 aromatic heterocycles. The molecule has 0 aliphatic carbocycles. The molecule has 0 radical (unpaired) electrons. The molecule has 0 spiro atoms. The highest BCUT2D eigenvalue weighted by Crippen LogP contribution is 2.13. The smallest absolute Gasteiger partial charge is 0.271 e. The fourth-order valence-corrected chi connectivity index (χ4v) is 1.69. The first-order valence-electron chi connectivity index (χ1n) is 5.07. The Hall–Kier alpha value is -1.20. The Balaban J connectivity index is 2.00. The normalized spacial score (nSPS) is 24.4. The molecule has 1 aliphatic heterocycles. The lowest BCUT2D eigenvalue weighted by atomic mass is 10.1. The maximum absolute atomic E-state index is 11.7. The molecule has 1 saturated heterocycles. The van der Waals surface area contributed by atoms with Crippen LogP contribution in [0.25, 0.3) is 0 Å². The van der Waals surface area contributed by atoms with E-state index in [-0.39, 0.29) is 28.9 Å². The predicted molar refractivity (Wildman–Crippen MR) is 58.3 cm³/mol. The quantitative estimate of drug-likeness (QED) is 0.840. The average molecular weight is 242 g/mol. The molecule has 1 aliphatic rings. The van der Waals surface area contributed by atoms with Crippen LogP contribution in [-0.2, 0) is 4.74 Å². The van der Waals surface area contributed by atoms with E-state index in [1.54, 1.807) is 0 Å². The number of rotatable bonds is 2. The van der Waals surface area contributed by atoms with E-state index in [2.05, 4.69) is 15.3 Å². The van der Waals surface area contributed by atoms with Gasteiger partial charge in [0.2, 0.25) is 0 Å². The first-order chi connectivity index (χ1) is 7.66. The van der Waals surface area contributed by atoms with Crippen LogP contribution in [0.1, 0.15) is 23.8 Å². The van der Waals surface area contributed by atoms with Gasteiger partial charge in [0.05, 0.1) is 24.5 Å². The molecule has 1 aromatic rings. The van der Waals surface area contributed by atoms with Crippen LogP contribution in [0.15, 0.2) is 12.4 Å². The first-order valence-corrected chi connectivity index (χ1v) is 5.44. The number of carbonyl (C=O) groups is 1. The fraction of sp³-hybridized carbons (Fsp3) is 0.500. The molecular weight excluding hydrogens is 230 g/mol. The molecule has 0 bridgehead atoms. The Morgan fingerprint density at radius 2 is 2.38 bits per heavy atom. The van der Waals surface area contributed by atoms with Crippen LogP contribution in [0.2, 0.25) is 5.15 Å². The van der Waals surface area contributed by atoms with Crippen molar-refractivity contribution in [2.75, 3.05) is 6.61 Å². The number of nitrogens with one attached hydrogen (secondary N) is 1. The van der Waals surface area contributed by atoms with E-state index < -0.39 is 0 Å². The minimum atomic E-state index is -0.244. The third kappa shape index (κ3) is 2.48. The zero-order valence-electron chi connectivity index (χ0n) is 8.81. The van der Waals surface area contributed by atoms with E-state index >= 15 is 0 Å². The number of aromatic nitrogens is 2. The number of hydrogen-bond acceptors (Lipinski definition) is 4. The number of ether oxygens (including phenoxy) is 1. The van der Waals surface area contributed by atoms with E-state index in [0.717, 1.165) is 6.42 Å². The summed E-state index contributed by atoms with van der Waals surface area (Å²) in [6, 6.07) is 0.0463. The van der Waals surface area contributed by atoms with Gasteiger partial charge in [-0.15, -0.1) is 0 Å². The summed E-state index contributed by atoms with van der Waals surface area (Å²) in [4.78, 5) is 19.4. The topological polar surface area (TPSA) is 64.1 Å². The fourth-order valence-electron chi connectivity index (χ4n) is 1.59. The summed E-state index contributed by atoms with van der Waals surface area (Å²) in [6.45, 7) is 2.61. The van der Waals surface area contributed by atoms with Crippen molar-refractivity contribution < 1.29 is 9.53 Å². The maximum atomic E-state index is 11.7. The molecule has 5 nitrogen and oxygen atoms in total. The molecule has 2 unspecified atom stereocenters. The Bertz CT molecular complexity index is 382. The van der Waals surface area contributed by atoms with E-state index in [1.165, 1.54) is 12.4 Å². The van der Waals surface area contributed by atoms with E-state index in [4.69, 9.17) is 16.3 Å². The largest absolute Gasteiger partial charge is 0.376 e. The van der Waals surface area contributed by atoms with Gasteiger partial charge in [-0.3, -0.25) is 4.79 Å². The van der Waals surface area contributed by atoms with Crippen molar-refractivity contribution in [2.24, 2.45) is 0 Å². The molecule has 1 amide bonds. The van der Waals surface area contributed by atoms with Crippen LogP contribution in [0.3, 0.4) is 0 Å². The molecule has 2 heterocycles. The van der Waals surface area contributed by atoms with Crippen LogP contribution in [0, 0.1) is 0 Å². The lowest BCUT2D eigenvalue weighted by Crippen LogP contribution is -2.39. The summed E-state index contributed by atoms with van der Waals surface area (Å²) >= 11 is 5.58. The number of halogens is 1. The monoisotopic (exact) mass is 241 g/mol. The second-order valence-electron chi connectivity index (χ2n) is 3.67. The van der Waals surface area contributed by atoms with Gasteiger partial charge in [0.25, 0.3) is 5.91 Å². The minimum Gasteiger partial charge on any atom is -0.376 e. The predicted octanol–water partition coefficient (Wildman–Crippen LogP) is 1.04. The summed E-state index contributed by atoms with van der Waals surface area (Å²) in [6.07, 6.45) is 3.58. The zero-order valence-corrected chi connectivity index (χ0v) is 9.57. The third-order valence-electron chi connectivity index (χ3n) is 2.55. The highest BCUT2D eigenvalue weighted by molar-refractivity contribution is 6.29. The van der Waals surface area contributed by atoms with Gasteiger partial charge in [-0.25, -0.2) is 9.97 Å². The van der Waals surface area contributed by atoms with Crippen molar-refractivity contribution in [3.05, 3.63) is 23.2 Å². The van der Waals surface area contributed by atoms with Gasteiger partial charge in [-0.1, -0.05) is 11.6 Å². The first kappa shape index (κ1) is 11.3. The molecule has 1 fully saturated rings. The van der Waals surface area contributed by atoms with Crippen LogP contribution < -0.4 is 5.32 Å². The Morgan fingerprint density at radius 1 is 1.56 bits per heavy atom. The maximum Gasteiger partial charge on any atom is 0.271 e. The van der Waals surface area contributed by atoms with Crippen LogP contribution in [-0.4, -0.2) is 34.6 Å². The lowest BCUT2D eigenvalue weighted by molar-refractivity contribution is 0.0861. The zero-order chi connectivity index (χ0) is 11.5. The molecule has 0 saturated carbocycles. The number of nitrogens with zero attached hydrogens (tertiary/aromatic N) is 2. The number of amides is 1. The van der Waals surface area contributed by atoms with Gasteiger partial charge in [0, 0.05) is 6.61 Å². The summed E-state index contributed by atoms with van der Waals surface area (Å²) < 4.78 is 5.35. The molecule has 6 heteroatoms. The highest BCUT2D eigenvalue weighted by atomic mass is 35.5. The van der Waals surface area contributed by atoms with Gasteiger partial charge in [-0.05, 0) is 13.3 Å². The van der Waals surface area contributed by atoms with Crippen molar-refractivity contribution in [2.45, 2.75) is 25.5 Å². The minimum absolute atomic E-state index is 0.0456. The summed E-state index contributed by atoms with van der Waals surface area (Å²) in [5.41, 5.74) is 0.267. The van der Waals surface area contributed by atoms with Crippen LogP contribution in [0.4, 0.5) is 0 Å². The van der Waals surface area contributed by atoms with E-state index in [0.29, 0.717) is 6.61 Å². The van der Waals surface area contributed by atoms with E-state index in [1.807, 2.05) is 6.92 Å². The molecule has 2 atom stereocenters. The summed E-state index contributed by atoms with van der Waals surface area (Å²) in [7, 11) is 0. The van der Waals surface area contributed by atoms with Gasteiger partial charge in [0.1, 0.15) is 10.8 Å². The Kier molecular flexibility index (Phi) is 3.36. The average Bonchev–Trinajstić information content (AvgIpc) is 2.65. The molecule has 16 heavy (non-hydrogen) atoms. The third-order valence-corrected chi connectivity index (χ3v) is 2.74. The number of hydrogen-bond donors (Lipinski definition) is 1. The molecule has 0 aromatic carbocycles. The number of carbonyl (C=O) groups excluding carboxylic acids is 1. The summed E-state index contributed by atoms with van der Waals surface area (Å²) in [5, 5.41) is 3.13. The van der Waals surface area contributed by atoms with Gasteiger partial charge >= 0.3 is 0 Å². The second kappa shape index (κ2) is 4.76. The highest BCUT2D eigenvalue weighted by Gasteiger charge is 2.26. The SMILES string of the molecule is CC1OCCC1NC(=O)c1cnc(Cl)cn1. The Morgan fingerprint density at radius 3 is 2.94 bits per heavy atom. The van der Waals surface area contributed by atoms with Gasteiger partial charge in [0.15, 0.2) is 0 Å². The van der Waals surface area contributed by atoms with Crippen molar-refractivity contribution in [1.29, 1.82) is 0 Å². The Labute approximate surface area is 98.2 Å². The molecule has 86 valence electrons. The molecular formula is C10H12ClN3O2.